The van der Waals surface area contributed by atoms with Crippen LogP contribution in [0.15, 0.2) is 24.3 Å². The summed E-state index contributed by atoms with van der Waals surface area (Å²) in [4.78, 5) is 9.84. The minimum atomic E-state index is 0.407. The molecule has 0 spiro atoms. The molecule has 0 bridgehead atoms. The molecule has 1 aliphatic rings. The predicted octanol–water partition coefficient (Wildman–Crippen LogP) is 4.00. The maximum Gasteiger partial charge on any atom is 0.153 e. The molecule has 6 nitrogen and oxygen atoms in total. The van der Waals surface area contributed by atoms with Crippen LogP contribution in [0, 0.1) is 6.92 Å². The molecule has 26 heavy (non-hydrogen) atoms. The van der Waals surface area contributed by atoms with Crippen molar-refractivity contribution in [2.45, 2.75) is 45.4 Å². The van der Waals surface area contributed by atoms with E-state index in [2.05, 4.69) is 52.9 Å². The van der Waals surface area contributed by atoms with E-state index in [4.69, 9.17) is 9.97 Å². The van der Waals surface area contributed by atoms with Gasteiger partial charge in [0.1, 0.15) is 11.6 Å². The van der Waals surface area contributed by atoms with Gasteiger partial charge in [0.05, 0.1) is 5.52 Å². The highest BCUT2D eigenvalue weighted by atomic mass is 15.2. The molecule has 3 N–H and O–H groups in total. The van der Waals surface area contributed by atoms with Gasteiger partial charge in [0, 0.05) is 23.1 Å². The summed E-state index contributed by atoms with van der Waals surface area (Å²) in [5, 5.41) is 15.1. The van der Waals surface area contributed by atoms with Crippen LogP contribution in [0.5, 0.6) is 0 Å². The Labute approximate surface area is 153 Å². The van der Waals surface area contributed by atoms with Crippen molar-refractivity contribution in [2.24, 2.45) is 0 Å². The molecule has 1 fully saturated rings. The zero-order chi connectivity index (χ0) is 18.1. The molecule has 0 atom stereocenters. The van der Waals surface area contributed by atoms with E-state index < -0.39 is 0 Å². The molecule has 4 rings (SSSR count). The van der Waals surface area contributed by atoms with Crippen LogP contribution in [-0.4, -0.2) is 33.3 Å². The average Bonchev–Trinajstić information content (AvgIpc) is 3.06. The molecule has 6 heteroatoms. The maximum atomic E-state index is 4.94. The van der Waals surface area contributed by atoms with Crippen molar-refractivity contribution in [1.82, 2.24) is 25.5 Å². The summed E-state index contributed by atoms with van der Waals surface area (Å²) in [7, 11) is 0. The fraction of sp³-hybridized carbons (Fsp3) is 0.450. The number of H-pyrrole nitrogens is 1. The average molecular weight is 350 g/mol. The Bertz CT molecular complexity index is 908. The number of nitrogens with zero attached hydrogens (tertiary/aromatic N) is 3. The monoisotopic (exact) mass is 350 g/mol. The molecule has 1 aliphatic heterocycles. The largest absolute Gasteiger partial charge is 0.323 e. The van der Waals surface area contributed by atoms with Crippen LogP contribution >= 0.6 is 0 Å². The summed E-state index contributed by atoms with van der Waals surface area (Å²) in [6.45, 7) is 8.47. The van der Waals surface area contributed by atoms with Gasteiger partial charge < -0.3 is 10.6 Å². The van der Waals surface area contributed by atoms with Gasteiger partial charge in [0.2, 0.25) is 0 Å². The third-order valence-electron chi connectivity index (χ3n) is 5.06. The van der Waals surface area contributed by atoms with Gasteiger partial charge in [-0.05, 0) is 56.5 Å². The third-order valence-corrected chi connectivity index (χ3v) is 5.06. The van der Waals surface area contributed by atoms with Crippen molar-refractivity contribution >= 4 is 22.5 Å². The Morgan fingerprint density at radius 2 is 1.92 bits per heavy atom. The van der Waals surface area contributed by atoms with Gasteiger partial charge in [-0.2, -0.15) is 5.10 Å². The van der Waals surface area contributed by atoms with Gasteiger partial charge in [-0.15, -0.1) is 0 Å². The van der Waals surface area contributed by atoms with Crippen molar-refractivity contribution in [1.29, 1.82) is 0 Å². The number of hydrogen-bond donors (Lipinski definition) is 3. The van der Waals surface area contributed by atoms with Crippen LogP contribution in [0.25, 0.3) is 10.9 Å². The molecule has 0 aliphatic carbocycles. The molecule has 0 radical (unpaired) electrons. The Balaban J connectivity index is 1.80. The van der Waals surface area contributed by atoms with E-state index in [9.17, 15) is 0 Å². The van der Waals surface area contributed by atoms with Gasteiger partial charge in [0.25, 0.3) is 0 Å². The summed E-state index contributed by atoms with van der Waals surface area (Å²) in [5.74, 6) is 3.44. The van der Waals surface area contributed by atoms with Crippen molar-refractivity contribution in [3.8, 4) is 0 Å². The van der Waals surface area contributed by atoms with E-state index >= 15 is 0 Å². The van der Waals surface area contributed by atoms with Crippen LogP contribution < -0.4 is 10.6 Å². The highest BCUT2D eigenvalue weighted by Gasteiger charge is 2.20. The number of aromatic nitrogens is 4. The van der Waals surface area contributed by atoms with Gasteiger partial charge in [-0.1, -0.05) is 19.9 Å². The molecule has 3 aromatic rings. The lowest BCUT2D eigenvalue weighted by Crippen LogP contribution is -2.27. The number of fused-ring (bicyclic) bond motifs is 1. The molecule has 1 saturated heterocycles. The summed E-state index contributed by atoms with van der Waals surface area (Å²) < 4.78 is 0. The lowest BCUT2D eigenvalue weighted by molar-refractivity contribution is 0.446. The van der Waals surface area contributed by atoms with Crippen LogP contribution in [0.4, 0.5) is 11.6 Å². The number of aryl methyl sites for hydroxylation is 1. The number of benzene rings is 1. The van der Waals surface area contributed by atoms with E-state index in [1.807, 2.05) is 13.0 Å². The molecular formula is C20H26N6. The van der Waals surface area contributed by atoms with E-state index in [1.165, 1.54) is 5.56 Å². The Hall–Kier alpha value is -2.47. The molecule has 0 saturated carbocycles. The molecule has 1 aromatic carbocycles. The number of piperidine rings is 1. The number of anilines is 2. The van der Waals surface area contributed by atoms with Gasteiger partial charge >= 0.3 is 0 Å². The number of nitrogens with one attached hydrogen (secondary N) is 3. The van der Waals surface area contributed by atoms with Crippen LogP contribution in [-0.2, 0) is 0 Å². The maximum absolute atomic E-state index is 4.94. The normalized spacial score (nSPS) is 15.7. The lowest BCUT2D eigenvalue weighted by atomic mass is 9.96. The van der Waals surface area contributed by atoms with Crippen molar-refractivity contribution in [3.63, 3.8) is 0 Å². The summed E-state index contributed by atoms with van der Waals surface area (Å²) in [5.41, 5.74) is 3.33. The fourth-order valence-electron chi connectivity index (χ4n) is 3.49. The first-order chi connectivity index (χ1) is 12.6. The summed E-state index contributed by atoms with van der Waals surface area (Å²) >= 11 is 0. The third kappa shape index (κ3) is 3.42. The molecule has 0 amide bonds. The Morgan fingerprint density at radius 3 is 2.62 bits per heavy atom. The Kier molecular flexibility index (Phi) is 4.59. The van der Waals surface area contributed by atoms with E-state index in [0.717, 1.165) is 60.0 Å². The van der Waals surface area contributed by atoms with Crippen LogP contribution in [0.3, 0.4) is 0 Å². The van der Waals surface area contributed by atoms with Gasteiger partial charge in [-0.3, -0.25) is 5.10 Å². The standard InChI is InChI=1S/C20H26N6/c1-12(2)15-4-5-16-17(11-15)22-19(14-6-8-21-9-7-14)24-20(16)23-18-10-13(3)25-26-18/h4-5,10-12,14,21H,6-9H2,1-3H3,(H2,22,23,24,25,26). The Morgan fingerprint density at radius 1 is 1.12 bits per heavy atom. The quantitative estimate of drug-likeness (QED) is 0.663. The molecule has 0 unspecified atom stereocenters. The van der Waals surface area contributed by atoms with E-state index in [-0.39, 0.29) is 0 Å². The molecule has 3 heterocycles. The van der Waals surface area contributed by atoms with E-state index in [0.29, 0.717) is 11.8 Å². The smallest absolute Gasteiger partial charge is 0.153 e. The van der Waals surface area contributed by atoms with Crippen LogP contribution in [0.2, 0.25) is 0 Å². The molecule has 136 valence electrons. The highest BCUT2D eigenvalue weighted by Crippen LogP contribution is 2.30. The first kappa shape index (κ1) is 17.0. The number of aromatic amines is 1. The van der Waals surface area contributed by atoms with Crippen molar-refractivity contribution in [2.75, 3.05) is 18.4 Å². The van der Waals surface area contributed by atoms with Crippen molar-refractivity contribution < 1.29 is 0 Å². The second-order valence-electron chi connectivity index (χ2n) is 7.45. The zero-order valence-corrected chi connectivity index (χ0v) is 15.6. The van der Waals surface area contributed by atoms with E-state index in [1.54, 1.807) is 0 Å². The number of rotatable bonds is 4. The zero-order valence-electron chi connectivity index (χ0n) is 15.6. The molecule has 2 aromatic heterocycles. The van der Waals surface area contributed by atoms with Crippen molar-refractivity contribution in [3.05, 3.63) is 41.3 Å². The first-order valence-corrected chi connectivity index (χ1v) is 9.41. The second kappa shape index (κ2) is 7.03. The summed E-state index contributed by atoms with van der Waals surface area (Å²) in [6, 6.07) is 8.48. The predicted molar refractivity (Wildman–Crippen MR) is 105 cm³/mol. The number of hydrogen-bond acceptors (Lipinski definition) is 5. The van der Waals surface area contributed by atoms with Gasteiger partial charge in [-0.25, -0.2) is 9.97 Å². The lowest BCUT2D eigenvalue weighted by Gasteiger charge is -2.22. The fourth-order valence-corrected chi connectivity index (χ4v) is 3.49. The minimum absolute atomic E-state index is 0.407. The first-order valence-electron chi connectivity index (χ1n) is 9.41. The topological polar surface area (TPSA) is 78.5 Å². The molecular weight excluding hydrogens is 324 g/mol. The highest BCUT2D eigenvalue weighted by molar-refractivity contribution is 5.91. The van der Waals surface area contributed by atoms with Gasteiger partial charge in [0.15, 0.2) is 5.82 Å². The summed E-state index contributed by atoms with van der Waals surface area (Å²) in [6.07, 6.45) is 2.16. The SMILES string of the molecule is Cc1cc(Nc2nc(C3CCNCC3)nc3cc(C(C)C)ccc23)n[nH]1. The second-order valence-corrected chi connectivity index (χ2v) is 7.45. The van der Waals surface area contributed by atoms with Crippen LogP contribution in [0.1, 0.15) is 55.6 Å². The minimum Gasteiger partial charge on any atom is -0.323 e.